The van der Waals surface area contributed by atoms with Gasteiger partial charge in [-0.2, -0.15) is 0 Å². The molecular formula is C17H15IN4O2S. The molecule has 25 heavy (non-hydrogen) atoms. The van der Waals surface area contributed by atoms with Crippen molar-refractivity contribution in [1.29, 1.82) is 0 Å². The predicted molar refractivity (Wildman–Crippen MR) is 106 cm³/mol. The molecule has 1 heterocycles. The van der Waals surface area contributed by atoms with Gasteiger partial charge in [-0.1, -0.05) is 30.0 Å². The third kappa shape index (κ3) is 4.51. The van der Waals surface area contributed by atoms with Crippen LogP contribution in [0.2, 0.25) is 0 Å². The maximum absolute atomic E-state index is 12.2. The predicted octanol–water partition coefficient (Wildman–Crippen LogP) is 3.61. The topological polar surface area (TPSA) is 69.0 Å². The first-order valence-electron chi connectivity index (χ1n) is 7.39. The van der Waals surface area contributed by atoms with Gasteiger partial charge in [0, 0.05) is 9.26 Å². The molecule has 0 bridgehead atoms. The van der Waals surface area contributed by atoms with Gasteiger partial charge in [0.15, 0.2) is 5.16 Å². The Kier molecular flexibility index (Phi) is 5.92. The second-order valence-electron chi connectivity index (χ2n) is 5.00. The van der Waals surface area contributed by atoms with E-state index < -0.39 is 0 Å². The van der Waals surface area contributed by atoms with Crippen molar-refractivity contribution in [3.63, 3.8) is 0 Å². The van der Waals surface area contributed by atoms with Crippen molar-refractivity contribution in [3.8, 4) is 11.4 Å². The lowest BCUT2D eigenvalue weighted by atomic mass is 10.3. The van der Waals surface area contributed by atoms with Gasteiger partial charge in [-0.3, -0.25) is 9.36 Å². The van der Waals surface area contributed by atoms with Crippen molar-refractivity contribution < 1.29 is 9.53 Å². The average Bonchev–Trinajstić information content (AvgIpc) is 3.08. The van der Waals surface area contributed by atoms with E-state index in [-0.39, 0.29) is 11.7 Å². The third-order valence-corrected chi connectivity index (χ3v) is 4.92. The van der Waals surface area contributed by atoms with Gasteiger partial charge in [-0.15, -0.1) is 10.2 Å². The molecule has 2 aromatic carbocycles. The van der Waals surface area contributed by atoms with Gasteiger partial charge in [0.25, 0.3) is 0 Å². The van der Waals surface area contributed by atoms with E-state index in [0.29, 0.717) is 10.9 Å². The molecule has 0 saturated carbocycles. The largest absolute Gasteiger partial charge is 0.495 e. The highest BCUT2D eigenvalue weighted by atomic mass is 127. The average molecular weight is 466 g/mol. The van der Waals surface area contributed by atoms with E-state index >= 15 is 0 Å². The zero-order chi connectivity index (χ0) is 17.6. The van der Waals surface area contributed by atoms with Crippen LogP contribution in [0, 0.1) is 3.57 Å². The first-order chi connectivity index (χ1) is 12.2. The lowest BCUT2D eigenvalue weighted by molar-refractivity contribution is -0.113. The van der Waals surface area contributed by atoms with Crippen LogP contribution in [-0.4, -0.2) is 33.5 Å². The fourth-order valence-electron chi connectivity index (χ4n) is 2.21. The molecule has 3 aromatic rings. The number of ether oxygens (including phenoxy) is 1. The van der Waals surface area contributed by atoms with Gasteiger partial charge < -0.3 is 10.1 Å². The number of halogens is 1. The molecule has 0 aliphatic heterocycles. The third-order valence-electron chi connectivity index (χ3n) is 3.30. The van der Waals surface area contributed by atoms with Crippen molar-refractivity contribution in [3.05, 3.63) is 58.4 Å². The minimum Gasteiger partial charge on any atom is -0.495 e. The van der Waals surface area contributed by atoms with Crippen molar-refractivity contribution in [1.82, 2.24) is 14.8 Å². The van der Waals surface area contributed by atoms with Gasteiger partial charge in [0.1, 0.15) is 12.1 Å². The van der Waals surface area contributed by atoms with Crippen LogP contribution >= 0.6 is 34.4 Å². The number of nitrogens with zero attached hydrogens (tertiary/aromatic N) is 3. The monoisotopic (exact) mass is 466 g/mol. The smallest absolute Gasteiger partial charge is 0.234 e. The molecular weight excluding hydrogens is 451 g/mol. The Morgan fingerprint density at radius 1 is 1.28 bits per heavy atom. The van der Waals surface area contributed by atoms with Crippen LogP contribution in [0.1, 0.15) is 0 Å². The molecule has 0 fully saturated rings. The number of carbonyl (C=O) groups excluding carboxylic acids is 1. The lowest BCUT2D eigenvalue weighted by Gasteiger charge is -2.10. The molecule has 6 nitrogen and oxygen atoms in total. The molecule has 1 aromatic heterocycles. The molecule has 0 radical (unpaired) electrons. The SMILES string of the molecule is COc1ccccc1-n1cnnc1SCC(=O)Nc1cccc(I)c1. The summed E-state index contributed by atoms with van der Waals surface area (Å²) >= 11 is 3.53. The second-order valence-corrected chi connectivity index (χ2v) is 7.19. The Morgan fingerprint density at radius 3 is 2.92 bits per heavy atom. The number of aromatic nitrogens is 3. The molecule has 1 N–H and O–H groups in total. The lowest BCUT2D eigenvalue weighted by Crippen LogP contribution is -2.14. The number of carbonyl (C=O) groups is 1. The molecule has 1 amide bonds. The maximum Gasteiger partial charge on any atom is 0.234 e. The van der Waals surface area contributed by atoms with E-state index in [4.69, 9.17) is 4.74 Å². The Hall–Kier alpha value is -2.07. The number of rotatable bonds is 6. The van der Waals surface area contributed by atoms with Crippen molar-refractivity contribution in [2.45, 2.75) is 5.16 Å². The number of thioether (sulfide) groups is 1. The van der Waals surface area contributed by atoms with Crippen LogP contribution < -0.4 is 10.1 Å². The van der Waals surface area contributed by atoms with E-state index in [0.717, 1.165) is 14.9 Å². The van der Waals surface area contributed by atoms with Crippen LogP contribution in [0.15, 0.2) is 60.0 Å². The number of anilines is 1. The summed E-state index contributed by atoms with van der Waals surface area (Å²) in [6.07, 6.45) is 1.61. The van der Waals surface area contributed by atoms with Gasteiger partial charge >= 0.3 is 0 Å². The van der Waals surface area contributed by atoms with Crippen LogP contribution in [-0.2, 0) is 4.79 Å². The molecule has 128 valence electrons. The summed E-state index contributed by atoms with van der Waals surface area (Å²) in [6.45, 7) is 0. The van der Waals surface area contributed by atoms with E-state index in [2.05, 4.69) is 38.1 Å². The fourth-order valence-corrected chi connectivity index (χ4v) is 3.48. The van der Waals surface area contributed by atoms with E-state index in [1.165, 1.54) is 11.8 Å². The molecule has 0 atom stereocenters. The summed E-state index contributed by atoms with van der Waals surface area (Å²) < 4.78 is 8.25. The molecule has 0 aliphatic rings. The van der Waals surface area contributed by atoms with Crippen LogP contribution in [0.5, 0.6) is 5.75 Å². The Bertz CT molecular complexity index is 884. The number of methoxy groups -OCH3 is 1. The normalized spacial score (nSPS) is 10.5. The van der Waals surface area contributed by atoms with Gasteiger partial charge in [-0.05, 0) is 52.9 Å². The summed E-state index contributed by atoms with van der Waals surface area (Å²) in [5.41, 5.74) is 1.61. The molecule has 0 aliphatic carbocycles. The second kappa shape index (κ2) is 8.34. The highest BCUT2D eigenvalue weighted by molar-refractivity contribution is 14.1. The Morgan fingerprint density at radius 2 is 2.12 bits per heavy atom. The number of hydrogen-bond donors (Lipinski definition) is 1. The Labute approximate surface area is 163 Å². The maximum atomic E-state index is 12.2. The van der Waals surface area contributed by atoms with Crippen LogP contribution in [0.4, 0.5) is 5.69 Å². The molecule has 3 rings (SSSR count). The fraction of sp³-hybridized carbons (Fsp3) is 0.118. The standard InChI is InChI=1S/C17H15IN4O2S/c1-24-15-8-3-2-7-14(15)22-11-19-21-17(22)25-10-16(23)20-13-6-4-5-12(18)9-13/h2-9,11H,10H2,1H3,(H,20,23). The van der Waals surface area contributed by atoms with Gasteiger partial charge in [-0.25, -0.2) is 0 Å². The molecule has 0 unspecified atom stereocenters. The summed E-state index contributed by atoms with van der Waals surface area (Å²) in [7, 11) is 1.62. The number of nitrogens with one attached hydrogen (secondary N) is 1. The minimum atomic E-state index is -0.0958. The summed E-state index contributed by atoms with van der Waals surface area (Å²) in [6, 6.07) is 15.3. The highest BCUT2D eigenvalue weighted by Crippen LogP contribution is 2.26. The molecule has 8 heteroatoms. The summed E-state index contributed by atoms with van der Waals surface area (Å²) in [4.78, 5) is 12.2. The highest BCUT2D eigenvalue weighted by Gasteiger charge is 2.13. The first kappa shape index (κ1) is 17.7. The number of amides is 1. The van der Waals surface area contributed by atoms with E-state index in [1.807, 2.05) is 53.1 Å². The number of para-hydroxylation sites is 2. The quantitative estimate of drug-likeness (QED) is 0.444. The number of hydrogen-bond acceptors (Lipinski definition) is 5. The molecule has 0 saturated heterocycles. The zero-order valence-electron chi connectivity index (χ0n) is 13.3. The van der Waals surface area contributed by atoms with E-state index in [9.17, 15) is 4.79 Å². The van der Waals surface area contributed by atoms with Crippen molar-refractivity contribution in [2.75, 3.05) is 18.2 Å². The number of benzene rings is 2. The van der Waals surface area contributed by atoms with E-state index in [1.54, 1.807) is 13.4 Å². The molecule has 0 spiro atoms. The van der Waals surface area contributed by atoms with Crippen LogP contribution in [0.25, 0.3) is 5.69 Å². The first-order valence-corrected chi connectivity index (χ1v) is 9.45. The zero-order valence-corrected chi connectivity index (χ0v) is 16.3. The van der Waals surface area contributed by atoms with Crippen LogP contribution in [0.3, 0.4) is 0 Å². The summed E-state index contributed by atoms with van der Waals surface area (Å²) in [5, 5.41) is 11.6. The van der Waals surface area contributed by atoms with Gasteiger partial charge in [0.2, 0.25) is 5.91 Å². The van der Waals surface area contributed by atoms with Crippen molar-refractivity contribution >= 4 is 45.9 Å². The van der Waals surface area contributed by atoms with Gasteiger partial charge in [0.05, 0.1) is 18.6 Å². The minimum absolute atomic E-state index is 0.0958. The summed E-state index contributed by atoms with van der Waals surface area (Å²) in [5.74, 6) is 0.855. The Balaban J connectivity index is 1.68. The van der Waals surface area contributed by atoms with Crippen molar-refractivity contribution in [2.24, 2.45) is 0 Å².